The highest BCUT2D eigenvalue weighted by atomic mass is 35.5. The summed E-state index contributed by atoms with van der Waals surface area (Å²) >= 11 is 6.29. The van der Waals surface area contributed by atoms with Gasteiger partial charge in [0, 0.05) is 23.7 Å². The van der Waals surface area contributed by atoms with Crippen LogP contribution in [0.4, 0.5) is 17.5 Å². The lowest BCUT2D eigenvalue weighted by Crippen LogP contribution is -2.29. The van der Waals surface area contributed by atoms with Gasteiger partial charge in [-0.05, 0) is 24.5 Å². The molecule has 2 aromatic rings. The van der Waals surface area contributed by atoms with Crippen molar-refractivity contribution in [3.05, 3.63) is 35.0 Å². The quantitative estimate of drug-likeness (QED) is 0.843. The van der Waals surface area contributed by atoms with Crippen molar-refractivity contribution in [3.8, 4) is 5.75 Å². The lowest BCUT2D eigenvalue weighted by molar-refractivity contribution is 0.470. The maximum absolute atomic E-state index is 9.90. The predicted molar refractivity (Wildman–Crippen MR) is 86.7 cm³/mol. The number of hydrogen-bond acceptors (Lipinski definition) is 5. The van der Waals surface area contributed by atoms with Gasteiger partial charge in [0.2, 0.25) is 5.95 Å². The van der Waals surface area contributed by atoms with Gasteiger partial charge in [0.1, 0.15) is 10.8 Å². The average molecular weight is 317 g/mol. The number of nitrogens with two attached hydrogens (primary N) is 1. The smallest absolute Gasteiger partial charge is 0.222 e. The number of hydrogen-bond donors (Lipinski definition) is 2. The number of aromatic hydroxyl groups is 1. The highest BCUT2D eigenvalue weighted by Gasteiger charge is 2.45. The van der Waals surface area contributed by atoms with Crippen LogP contribution in [0.1, 0.15) is 31.2 Å². The molecule has 4 rings (SSSR count). The van der Waals surface area contributed by atoms with Crippen molar-refractivity contribution in [2.24, 2.45) is 0 Å². The second-order valence-corrected chi connectivity index (χ2v) is 6.58. The third kappa shape index (κ3) is 1.92. The molecule has 0 atom stereocenters. The van der Waals surface area contributed by atoms with Crippen LogP contribution in [0.15, 0.2) is 24.4 Å². The molecular formula is C16H17ClN4O. The fourth-order valence-electron chi connectivity index (χ4n) is 3.89. The molecule has 0 bridgehead atoms. The van der Waals surface area contributed by atoms with Crippen molar-refractivity contribution in [2.45, 2.75) is 31.1 Å². The molecule has 0 radical (unpaired) electrons. The predicted octanol–water partition coefficient (Wildman–Crippen LogP) is 3.38. The molecule has 1 saturated carbocycles. The zero-order valence-corrected chi connectivity index (χ0v) is 12.8. The highest BCUT2D eigenvalue weighted by molar-refractivity contribution is 6.33. The number of fused-ring (bicyclic) bond motifs is 2. The molecule has 1 aromatic carbocycles. The minimum atomic E-state index is 0.131. The lowest BCUT2D eigenvalue weighted by Gasteiger charge is -2.25. The summed E-state index contributed by atoms with van der Waals surface area (Å²) in [5.74, 6) is 1.07. The Labute approximate surface area is 133 Å². The molecule has 5 nitrogen and oxygen atoms in total. The van der Waals surface area contributed by atoms with Gasteiger partial charge in [0.25, 0.3) is 0 Å². The normalized spacial score (nSPS) is 18.9. The Bertz CT molecular complexity index is 743. The molecule has 0 amide bonds. The molecule has 2 aliphatic rings. The first-order chi connectivity index (χ1) is 10.6. The fourth-order valence-corrected chi connectivity index (χ4v) is 4.09. The van der Waals surface area contributed by atoms with Crippen molar-refractivity contribution in [1.82, 2.24) is 9.97 Å². The zero-order chi connectivity index (χ0) is 15.3. The molecule has 6 heteroatoms. The van der Waals surface area contributed by atoms with Gasteiger partial charge in [0.05, 0.1) is 6.20 Å². The average Bonchev–Trinajstić information content (AvgIpc) is 3.08. The van der Waals surface area contributed by atoms with Gasteiger partial charge in [-0.1, -0.05) is 30.5 Å². The van der Waals surface area contributed by atoms with Crippen molar-refractivity contribution >= 4 is 29.1 Å². The molecule has 1 aliphatic carbocycles. The standard InChI is InChI=1S/C16H17ClN4O/c17-12-8-19-15(18)20-14(12)21-9-16(5-1-2-6-16)11-4-3-10(22)7-13(11)21/h3-4,7-8,22H,1-2,5-6,9H2,(H2,18,19,20). The summed E-state index contributed by atoms with van der Waals surface area (Å²) in [6.07, 6.45) is 6.29. The summed E-state index contributed by atoms with van der Waals surface area (Å²) in [7, 11) is 0. The molecule has 1 aliphatic heterocycles. The third-order valence-electron chi connectivity index (χ3n) is 4.86. The summed E-state index contributed by atoms with van der Waals surface area (Å²) in [5, 5.41) is 10.4. The Hall–Kier alpha value is -2.01. The van der Waals surface area contributed by atoms with Crippen LogP contribution in [0.3, 0.4) is 0 Å². The van der Waals surface area contributed by atoms with E-state index in [0.717, 1.165) is 25.1 Å². The van der Waals surface area contributed by atoms with Gasteiger partial charge in [0.15, 0.2) is 5.82 Å². The minimum absolute atomic E-state index is 0.131. The third-order valence-corrected chi connectivity index (χ3v) is 5.13. The maximum Gasteiger partial charge on any atom is 0.222 e. The van der Waals surface area contributed by atoms with E-state index in [2.05, 4.69) is 14.9 Å². The maximum atomic E-state index is 9.90. The first-order valence-corrected chi connectivity index (χ1v) is 7.86. The van der Waals surface area contributed by atoms with Gasteiger partial charge in [-0.15, -0.1) is 0 Å². The van der Waals surface area contributed by atoms with E-state index in [1.807, 2.05) is 6.07 Å². The minimum Gasteiger partial charge on any atom is -0.508 e. The van der Waals surface area contributed by atoms with Gasteiger partial charge in [-0.25, -0.2) is 4.98 Å². The van der Waals surface area contributed by atoms with Crippen LogP contribution < -0.4 is 10.6 Å². The number of aromatic nitrogens is 2. The summed E-state index contributed by atoms with van der Waals surface area (Å²) in [6, 6.07) is 5.59. The number of nitrogens with zero attached hydrogens (tertiary/aromatic N) is 3. The number of phenolic OH excluding ortho intramolecular Hbond substituents is 1. The van der Waals surface area contributed by atoms with Crippen LogP contribution >= 0.6 is 11.6 Å². The van der Waals surface area contributed by atoms with Crippen molar-refractivity contribution in [2.75, 3.05) is 17.2 Å². The summed E-state index contributed by atoms with van der Waals surface area (Å²) in [5.41, 5.74) is 8.11. The van der Waals surface area contributed by atoms with E-state index < -0.39 is 0 Å². The van der Waals surface area contributed by atoms with E-state index in [9.17, 15) is 5.11 Å². The Morgan fingerprint density at radius 3 is 2.82 bits per heavy atom. The summed E-state index contributed by atoms with van der Waals surface area (Å²) < 4.78 is 0. The largest absolute Gasteiger partial charge is 0.508 e. The van der Waals surface area contributed by atoms with E-state index in [4.69, 9.17) is 17.3 Å². The monoisotopic (exact) mass is 316 g/mol. The van der Waals surface area contributed by atoms with Crippen molar-refractivity contribution < 1.29 is 5.11 Å². The lowest BCUT2D eigenvalue weighted by atomic mass is 9.81. The Kier molecular flexibility index (Phi) is 2.94. The molecule has 22 heavy (non-hydrogen) atoms. The molecule has 114 valence electrons. The summed E-state index contributed by atoms with van der Waals surface area (Å²) in [6.45, 7) is 0.821. The van der Waals surface area contributed by atoms with E-state index in [1.54, 1.807) is 12.1 Å². The molecule has 1 aromatic heterocycles. The molecule has 0 unspecified atom stereocenters. The van der Waals surface area contributed by atoms with Crippen molar-refractivity contribution in [3.63, 3.8) is 0 Å². The van der Waals surface area contributed by atoms with Gasteiger partial charge < -0.3 is 15.7 Å². The fraction of sp³-hybridized carbons (Fsp3) is 0.375. The number of halogens is 1. The van der Waals surface area contributed by atoms with Gasteiger partial charge >= 0.3 is 0 Å². The van der Waals surface area contributed by atoms with E-state index >= 15 is 0 Å². The Balaban J connectivity index is 1.89. The molecule has 1 fully saturated rings. The SMILES string of the molecule is Nc1ncc(Cl)c(N2CC3(CCCC3)c3ccc(O)cc32)n1. The van der Waals surface area contributed by atoms with Crippen LogP contribution in [0, 0.1) is 0 Å². The van der Waals surface area contributed by atoms with Crippen LogP contribution in [-0.4, -0.2) is 21.6 Å². The molecule has 0 saturated heterocycles. The highest BCUT2D eigenvalue weighted by Crippen LogP contribution is 2.53. The van der Waals surface area contributed by atoms with Crippen LogP contribution in [-0.2, 0) is 5.41 Å². The molecule has 3 N–H and O–H groups in total. The number of anilines is 3. The first-order valence-electron chi connectivity index (χ1n) is 7.48. The summed E-state index contributed by atoms with van der Waals surface area (Å²) in [4.78, 5) is 10.3. The van der Waals surface area contributed by atoms with E-state index in [-0.39, 0.29) is 17.1 Å². The van der Waals surface area contributed by atoms with Gasteiger partial charge in [-0.2, -0.15) is 4.98 Å². The second kappa shape index (κ2) is 4.74. The van der Waals surface area contributed by atoms with Crippen molar-refractivity contribution in [1.29, 1.82) is 0 Å². The van der Waals surface area contributed by atoms with Crippen LogP contribution in [0.25, 0.3) is 0 Å². The number of phenols is 1. The molecule has 2 heterocycles. The van der Waals surface area contributed by atoms with Crippen LogP contribution in [0.2, 0.25) is 5.02 Å². The number of benzene rings is 1. The molecular weight excluding hydrogens is 300 g/mol. The van der Waals surface area contributed by atoms with E-state index in [0.29, 0.717) is 10.8 Å². The van der Waals surface area contributed by atoms with Gasteiger partial charge in [-0.3, -0.25) is 0 Å². The van der Waals surface area contributed by atoms with Crippen LogP contribution in [0.5, 0.6) is 5.75 Å². The topological polar surface area (TPSA) is 75.3 Å². The molecule has 1 spiro atoms. The Morgan fingerprint density at radius 1 is 1.27 bits per heavy atom. The second-order valence-electron chi connectivity index (χ2n) is 6.17. The first kappa shape index (κ1) is 13.6. The number of nitrogen functional groups attached to an aromatic ring is 1. The zero-order valence-electron chi connectivity index (χ0n) is 12.1. The van der Waals surface area contributed by atoms with E-state index in [1.165, 1.54) is 24.6 Å². The number of rotatable bonds is 1. The Morgan fingerprint density at radius 2 is 2.05 bits per heavy atom.